The SMILES string of the molecule is Cc1cc(CC(N)c2cc(F)c(Cl)cc2F)n(C)n1. The van der Waals surface area contributed by atoms with Crippen LogP contribution >= 0.6 is 11.6 Å². The fraction of sp³-hybridized carbons (Fsp3) is 0.308. The summed E-state index contributed by atoms with van der Waals surface area (Å²) >= 11 is 5.51. The third kappa shape index (κ3) is 2.93. The highest BCUT2D eigenvalue weighted by Crippen LogP contribution is 2.25. The number of nitrogens with zero attached hydrogens (tertiary/aromatic N) is 2. The normalized spacial score (nSPS) is 12.7. The molecule has 1 atom stereocenters. The largest absolute Gasteiger partial charge is 0.324 e. The van der Waals surface area contributed by atoms with Crippen molar-refractivity contribution in [1.82, 2.24) is 9.78 Å². The Labute approximate surface area is 115 Å². The van der Waals surface area contributed by atoms with Crippen molar-refractivity contribution in [3.8, 4) is 0 Å². The summed E-state index contributed by atoms with van der Waals surface area (Å²) in [7, 11) is 1.79. The molecule has 2 rings (SSSR count). The molecule has 0 saturated carbocycles. The first-order chi connectivity index (χ1) is 8.88. The number of aromatic nitrogens is 2. The number of rotatable bonds is 3. The van der Waals surface area contributed by atoms with Crippen molar-refractivity contribution in [1.29, 1.82) is 0 Å². The van der Waals surface area contributed by atoms with E-state index in [0.29, 0.717) is 6.42 Å². The second kappa shape index (κ2) is 5.27. The lowest BCUT2D eigenvalue weighted by Gasteiger charge is -2.13. The van der Waals surface area contributed by atoms with Gasteiger partial charge in [-0.1, -0.05) is 11.6 Å². The van der Waals surface area contributed by atoms with E-state index in [2.05, 4.69) is 5.10 Å². The van der Waals surface area contributed by atoms with Gasteiger partial charge in [0.2, 0.25) is 0 Å². The van der Waals surface area contributed by atoms with Crippen molar-refractivity contribution in [2.45, 2.75) is 19.4 Å². The summed E-state index contributed by atoms with van der Waals surface area (Å²) in [5, 5.41) is 3.94. The molecule has 2 N–H and O–H groups in total. The first-order valence-electron chi connectivity index (χ1n) is 5.78. The van der Waals surface area contributed by atoms with Crippen molar-refractivity contribution >= 4 is 11.6 Å². The molecule has 0 spiro atoms. The van der Waals surface area contributed by atoms with E-state index in [4.69, 9.17) is 17.3 Å². The maximum absolute atomic E-state index is 13.7. The Bertz CT molecular complexity index is 610. The maximum atomic E-state index is 13.7. The Kier molecular flexibility index (Phi) is 3.87. The van der Waals surface area contributed by atoms with Gasteiger partial charge in [0.05, 0.1) is 10.7 Å². The number of aryl methyl sites for hydroxylation is 2. The molecule has 6 heteroatoms. The Balaban J connectivity index is 2.27. The van der Waals surface area contributed by atoms with Crippen LogP contribution in [0.15, 0.2) is 18.2 Å². The van der Waals surface area contributed by atoms with Crippen molar-refractivity contribution in [2.75, 3.05) is 0 Å². The highest BCUT2D eigenvalue weighted by molar-refractivity contribution is 6.30. The van der Waals surface area contributed by atoms with E-state index >= 15 is 0 Å². The first-order valence-corrected chi connectivity index (χ1v) is 6.16. The lowest BCUT2D eigenvalue weighted by Crippen LogP contribution is -2.17. The van der Waals surface area contributed by atoms with Crippen molar-refractivity contribution in [3.63, 3.8) is 0 Å². The predicted molar refractivity (Wildman–Crippen MR) is 69.9 cm³/mol. The molecule has 3 nitrogen and oxygen atoms in total. The molecule has 0 radical (unpaired) electrons. The Morgan fingerprint density at radius 1 is 1.32 bits per heavy atom. The average Bonchev–Trinajstić information content (AvgIpc) is 2.62. The molecule has 0 bridgehead atoms. The molecule has 0 saturated heterocycles. The van der Waals surface area contributed by atoms with E-state index in [9.17, 15) is 8.78 Å². The maximum Gasteiger partial charge on any atom is 0.142 e. The van der Waals surface area contributed by atoms with E-state index in [0.717, 1.165) is 23.5 Å². The minimum absolute atomic E-state index is 0.112. The van der Waals surface area contributed by atoms with Gasteiger partial charge in [-0.3, -0.25) is 4.68 Å². The summed E-state index contributed by atoms with van der Waals surface area (Å²) in [6, 6.07) is 3.21. The van der Waals surface area contributed by atoms with Crippen molar-refractivity contribution in [3.05, 3.63) is 51.8 Å². The van der Waals surface area contributed by atoms with E-state index < -0.39 is 17.7 Å². The predicted octanol–water partition coefficient (Wildman–Crippen LogP) is 2.90. The molecular formula is C13H14ClF2N3. The Morgan fingerprint density at radius 2 is 2.00 bits per heavy atom. The molecule has 19 heavy (non-hydrogen) atoms. The summed E-state index contributed by atoms with van der Waals surface area (Å²) < 4.78 is 28.8. The highest BCUT2D eigenvalue weighted by atomic mass is 35.5. The lowest BCUT2D eigenvalue weighted by atomic mass is 10.0. The van der Waals surface area contributed by atoms with Crippen LogP contribution in [0.2, 0.25) is 5.02 Å². The standard InChI is InChI=1S/C13H14ClF2N3/c1-7-3-8(19(2)18-7)4-13(17)9-5-12(16)10(14)6-11(9)15/h3,5-6,13H,4,17H2,1-2H3. The van der Waals surface area contributed by atoms with Crippen LogP contribution in [-0.4, -0.2) is 9.78 Å². The van der Waals surface area contributed by atoms with Crippen molar-refractivity contribution in [2.24, 2.45) is 12.8 Å². The topological polar surface area (TPSA) is 43.8 Å². The summed E-state index contributed by atoms with van der Waals surface area (Å²) in [5.74, 6) is -1.27. The molecule has 0 amide bonds. The van der Waals surface area contributed by atoms with Gasteiger partial charge in [0.15, 0.2) is 0 Å². The number of nitrogens with two attached hydrogens (primary N) is 1. The Morgan fingerprint density at radius 3 is 2.58 bits per heavy atom. The van der Waals surface area contributed by atoms with Crippen LogP contribution in [0.3, 0.4) is 0 Å². The molecule has 0 aliphatic carbocycles. The number of benzene rings is 1. The van der Waals surface area contributed by atoms with E-state index in [1.54, 1.807) is 11.7 Å². The smallest absolute Gasteiger partial charge is 0.142 e. The van der Waals surface area contributed by atoms with Gasteiger partial charge in [0.25, 0.3) is 0 Å². The first kappa shape index (κ1) is 14.0. The van der Waals surface area contributed by atoms with E-state index in [1.165, 1.54) is 0 Å². The quantitative estimate of drug-likeness (QED) is 0.881. The minimum Gasteiger partial charge on any atom is -0.324 e. The van der Waals surface area contributed by atoms with Crippen molar-refractivity contribution < 1.29 is 8.78 Å². The summed E-state index contributed by atoms with van der Waals surface area (Å²) in [5.41, 5.74) is 7.76. The van der Waals surface area contributed by atoms with Gasteiger partial charge in [0.1, 0.15) is 11.6 Å². The van der Waals surface area contributed by atoms with Gasteiger partial charge < -0.3 is 5.73 Å². The fourth-order valence-corrected chi connectivity index (χ4v) is 2.16. The molecule has 0 aliphatic heterocycles. The zero-order chi connectivity index (χ0) is 14.2. The molecule has 1 aromatic heterocycles. The molecule has 1 aromatic carbocycles. The molecule has 102 valence electrons. The van der Waals surface area contributed by atoms with Crippen LogP contribution < -0.4 is 5.73 Å². The van der Waals surface area contributed by atoms with Gasteiger partial charge >= 0.3 is 0 Å². The third-order valence-electron chi connectivity index (χ3n) is 2.97. The average molecular weight is 286 g/mol. The van der Waals surface area contributed by atoms with Crippen LogP contribution in [0.5, 0.6) is 0 Å². The monoisotopic (exact) mass is 285 g/mol. The minimum atomic E-state index is -0.672. The summed E-state index contributed by atoms with van der Waals surface area (Å²) in [6.07, 6.45) is 0.370. The van der Waals surface area contributed by atoms with Crippen LogP contribution in [0.25, 0.3) is 0 Å². The number of halogens is 3. The third-order valence-corrected chi connectivity index (χ3v) is 3.26. The Hall–Kier alpha value is -1.46. The molecule has 0 fully saturated rings. The molecule has 2 aromatic rings. The van der Waals surface area contributed by atoms with Gasteiger partial charge in [-0.15, -0.1) is 0 Å². The summed E-state index contributed by atoms with van der Waals surface area (Å²) in [4.78, 5) is 0. The van der Waals surface area contributed by atoms with Gasteiger partial charge in [-0.2, -0.15) is 5.10 Å². The van der Waals surface area contributed by atoms with Gasteiger partial charge in [-0.05, 0) is 25.1 Å². The van der Waals surface area contributed by atoms with Crippen LogP contribution in [0, 0.1) is 18.6 Å². The number of hydrogen-bond donors (Lipinski definition) is 1. The number of hydrogen-bond acceptors (Lipinski definition) is 2. The summed E-state index contributed by atoms with van der Waals surface area (Å²) in [6.45, 7) is 1.86. The highest BCUT2D eigenvalue weighted by Gasteiger charge is 2.17. The van der Waals surface area contributed by atoms with Gasteiger partial charge in [0, 0.05) is 30.8 Å². The van der Waals surface area contributed by atoms with Crippen LogP contribution in [-0.2, 0) is 13.5 Å². The second-order valence-electron chi connectivity index (χ2n) is 4.50. The molecule has 1 unspecified atom stereocenters. The van der Waals surface area contributed by atoms with E-state index in [1.807, 2.05) is 13.0 Å². The molecule has 0 aliphatic rings. The van der Waals surface area contributed by atoms with Crippen LogP contribution in [0.4, 0.5) is 8.78 Å². The zero-order valence-corrected chi connectivity index (χ0v) is 11.4. The molecular weight excluding hydrogens is 272 g/mol. The molecule has 1 heterocycles. The van der Waals surface area contributed by atoms with E-state index in [-0.39, 0.29) is 10.6 Å². The lowest BCUT2D eigenvalue weighted by molar-refractivity contribution is 0.553. The van der Waals surface area contributed by atoms with Crippen LogP contribution in [0.1, 0.15) is 23.0 Å². The fourth-order valence-electron chi connectivity index (χ4n) is 2.01. The second-order valence-corrected chi connectivity index (χ2v) is 4.91. The van der Waals surface area contributed by atoms with Gasteiger partial charge in [-0.25, -0.2) is 8.78 Å². The zero-order valence-electron chi connectivity index (χ0n) is 10.6.